The van der Waals surface area contributed by atoms with Crippen LogP contribution in [0.1, 0.15) is 65.7 Å². The summed E-state index contributed by atoms with van der Waals surface area (Å²) >= 11 is 0. The van der Waals surface area contributed by atoms with E-state index in [2.05, 4.69) is 20.8 Å². The monoisotopic (exact) mass is 390 g/mol. The number of ether oxygens (including phenoxy) is 5. The van der Waals surface area contributed by atoms with Crippen LogP contribution in [0.25, 0.3) is 0 Å². The van der Waals surface area contributed by atoms with Crippen LogP contribution in [-0.2, 0) is 28.5 Å². The average Bonchev–Trinajstić information content (AvgIpc) is 2.64. The summed E-state index contributed by atoms with van der Waals surface area (Å²) in [5.41, 5.74) is 0. The lowest BCUT2D eigenvalue weighted by molar-refractivity contribution is -0.144. The third-order valence-corrected chi connectivity index (χ3v) is 3.89. The van der Waals surface area contributed by atoms with Crippen molar-refractivity contribution in [1.29, 1.82) is 0 Å². The van der Waals surface area contributed by atoms with Gasteiger partial charge in [-0.1, -0.05) is 40.0 Å². The molecular weight excluding hydrogens is 348 g/mol. The molecule has 0 aliphatic carbocycles. The van der Waals surface area contributed by atoms with Crippen LogP contribution in [0.4, 0.5) is 0 Å². The Morgan fingerprint density at radius 1 is 0.667 bits per heavy atom. The van der Waals surface area contributed by atoms with Crippen molar-refractivity contribution < 1.29 is 28.5 Å². The molecule has 6 nitrogen and oxygen atoms in total. The molecule has 0 aliphatic rings. The topological polar surface area (TPSA) is 63.2 Å². The molecule has 0 amide bonds. The van der Waals surface area contributed by atoms with Crippen LogP contribution in [0.15, 0.2) is 0 Å². The fourth-order valence-corrected chi connectivity index (χ4v) is 2.19. The van der Waals surface area contributed by atoms with Crippen LogP contribution in [0.3, 0.4) is 0 Å². The Balaban J connectivity index is 3.09. The second-order valence-corrected chi connectivity index (χ2v) is 7.02. The zero-order chi connectivity index (χ0) is 20.0. The lowest BCUT2D eigenvalue weighted by Crippen LogP contribution is -2.13. The van der Waals surface area contributed by atoms with Gasteiger partial charge in [0, 0.05) is 19.6 Å². The van der Waals surface area contributed by atoms with E-state index >= 15 is 0 Å². The molecule has 162 valence electrons. The first-order valence-electron chi connectivity index (χ1n) is 10.6. The van der Waals surface area contributed by atoms with Gasteiger partial charge in [-0.15, -0.1) is 0 Å². The highest BCUT2D eigenvalue weighted by Gasteiger charge is 2.03. The summed E-state index contributed by atoms with van der Waals surface area (Å²) in [5, 5.41) is 0. The van der Waals surface area contributed by atoms with Gasteiger partial charge in [-0.2, -0.15) is 0 Å². The number of carbonyl (C=O) groups excluding carboxylic acids is 1. The lowest BCUT2D eigenvalue weighted by atomic mass is 10.1. The van der Waals surface area contributed by atoms with Gasteiger partial charge in [-0.3, -0.25) is 4.79 Å². The summed E-state index contributed by atoms with van der Waals surface area (Å²) in [6.07, 6.45) is 6.92. The SMILES string of the molecule is CCCCCCOCCOCCOCCOCCCC(=O)OCCC(C)C. The summed E-state index contributed by atoms with van der Waals surface area (Å²) in [5.74, 6) is 0.415. The van der Waals surface area contributed by atoms with E-state index in [-0.39, 0.29) is 5.97 Å². The van der Waals surface area contributed by atoms with Crippen LogP contribution in [0, 0.1) is 5.92 Å². The molecule has 0 spiro atoms. The van der Waals surface area contributed by atoms with Crippen molar-refractivity contribution in [3.8, 4) is 0 Å². The van der Waals surface area contributed by atoms with Gasteiger partial charge >= 0.3 is 5.97 Å². The van der Waals surface area contributed by atoms with Crippen LogP contribution >= 0.6 is 0 Å². The molecule has 0 unspecified atom stereocenters. The van der Waals surface area contributed by atoms with Crippen molar-refractivity contribution >= 4 is 5.97 Å². The molecular formula is C21H42O6. The van der Waals surface area contributed by atoms with E-state index in [1.165, 1.54) is 19.3 Å². The molecule has 0 fully saturated rings. The summed E-state index contributed by atoms with van der Waals surface area (Å²) in [7, 11) is 0. The minimum atomic E-state index is -0.141. The van der Waals surface area contributed by atoms with Crippen LogP contribution < -0.4 is 0 Å². The van der Waals surface area contributed by atoms with Crippen molar-refractivity contribution in [2.24, 2.45) is 5.92 Å². The fraction of sp³-hybridized carbons (Fsp3) is 0.952. The molecule has 27 heavy (non-hydrogen) atoms. The second kappa shape index (κ2) is 21.6. The maximum Gasteiger partial charge on any atom is 0.305 e. The van der Waals surface area contributed by atoms with Crippen molar-refractivity contribution in [3.63, 3.8) is 0 Å². The Labute approximate surface area is 166 Å². The zero-order valence-corrected chi connectivity index (χ0v) is 17.8. The molecule has 6 heteroatoms. The van der Waals surface area contributed by atoms with Crippen LogP contribution in [0.2, 0.25) is 0 Å². The van der Waals surface area contributed by atoms with Gasteiger partial charge in [0.25, 0.3) is 0 Å². The van der Waals surface area contributed by atoms with Gasteiger partial charge in [0.1, 0.15) is 0 Å². The molecule has 0 aromatic rings. The molecule has 0 saturated heterocycles. The zero-order valence-electron chi connectivity index (χ0n) is 17.8. The average molecular weight is 391 g/mol. The van der Waals surface area contributed by atoms with E-state index in [0.717, 1.165) is 19.4 Å². The predicted octanol–water partition coefficient (Wildman–Crippen LogP) is 4.00. The normalized spacial score (nSPS) is 11.3. The quantitative estimate of drug-likeness (QED) is 0.218. The molecule has 0 saturated carbocycles. The van der Waals surface area contributed by atoms with Crippen molar-refractivity contribution in [2.45, 2.75) is 65.7 Å². The maximum atomic E-state index is 11.5. The molecule has 0 N–H and O–H groups in total. The molecule has 0 aromatic carbocycles. The Bertz CT molecular complexity index is 309. The van der Waals surface area contributed by atoms with Crippen molar-refractivity contribution in [2.75, 3.05) is 59.5 Å². The van der Waals surface area contributed by atoms with E-state index in [0.29, 0.717) is 71.6 Å². The van der Waals surface area contributed by atoms with Crippen molar-refractivity contribution in [1.82, 2.24) is 0 Å². The number of carbonyl (C=O) groups is 1. The largest absolute Gasteiger partial charge is 0.466 e. The first-order chi connectivity index (χ1) is 13.2. The minimum Gasteiger partial charge on any atom is -0.466 e. The number of hydrogen-bond acceptors (Lipinski definition) is 6. The molecule has 0 bridgehead atoms. The number of hydrogen-bond donors (Lipinski definition) is 0. The van der Waals surface area contributed by atoms with Gasteiger partial charge in [0.05, 0.1) is 46.2 Å². The van der Waals surface area contributed by atoms with E-state index in [4.69, 9.17) is 23.7 Å². The molecule has 0 aromatic heterocycles. The highest BCUT2D eigenvalue weighted by Crippen LogP contribution is 2.01. The van der Waals surface area contributed by atoms with E-state index in [9.17, 15) is 4.79 Å². The smallest absolute Gasteiger partial charge is 0.305 e. The third-order valence-electron chi connectivity index (χ3n) is 3.89. The van der Waals surface area contributed by atoms with Gasteiger partial charge in [0.2, 0.25) is 0 Å². The Hall–Kier alpha value is -0.690. The summed E-state index contributed by atoms with van der Waals surface area (Å²) < 4.78 is 26.9. The fourth-order valence-electron chi connectivity index (χ4n) is 2.19. The number of esters is 1. The lowest BCUT2D eigenvalue weighted by Gasteiger charge is -2.08. The summed E-state index contributed by atoms with van der Waals surface area (Å²) in [6, 6.07) is 0. The standard InChI is InChI=1S/C21H42O6/c1-4-5-6-7-11-23-14-16-25-18-19-26-17-15-24-12-8-9-21(22)27-13-10-20(2)3/h20H,4-19H2,1-3H3. The van der Waals surface area contributed by atoms with E-state index in [1.807, 2.05) is 0 Å². The van der Waals surface area contributed by atoms with Gasteiger partial charge < -0.3 is 23.7 Å². The number of rotatable bonds is 21. The molecule has 0 rings (SSSR count). The third kappa shape index (κ3) is 23.3. The Morgan fingerprint density at radius 2 is 1.19 bits per heavy atom. The molecule has 0 heterocycles. The van der Waals surface area contributed by atoms with Crippen molar-refractivity contribution in [3.05, 3.63) is 0 Å². The van der Waals surface area contributed by atoms with Gasteiger partial charge in [0.15, 0.2) is 0 Å². The Morgan fingerprint density at radius 3 is 1.70 bits per heavy atom. The molecule has 0 aliphatic heterocycles. The second-order valence-electron chi connectivity index (χ2n) is 7.02. The highest BCUT2D eigenvalue weighted by atomic mass is 16.6. The highest BCUT2D eigenvalue weighted by molar-refractivity contribution is 5.69. The minimum absolute atomic E-state index is 0.141. The van der Waals surface area contributed by atoms with Crippen LogP contribution in [-0.4, -0.2) is 65.4 Å². The van der Waals surface area contributed by atoms with Gasteiger partial charge in [-0.25, -0.2) is 0 Å². The predicted molar refractivity (Wildman–Crippen MR) is 107 cm³/mol. The van der Waals surface area contributed by atoms with Crippen LogP contribution in [0.5, 0.6) is 0 Å². The molecule has 0 radical (unpaired) electrons. The van der Waals surface area contributed by atoms with E-state index in [1.54, 1.807) is 0 Å². The maximum absolute atomic E-state index is 11.5. The Kier molecular flexibility index (Phi) is 21.1. The summed E-state index contributed by atoms with van der Waals surface area (Å²) in [6.45, 7) is 11.8. The first-order valence-corrected chi connectivity index (χ1v) is 10.6. The first kappa shape index (κ1) is 26.3. The van der Waals surface area contributed by atoms with E-state index < -0.39 is 0 Å². The number of unbranched alkanes of at least 4 members (excludes halogenated alkanes) is 3. The summed E-state index contributed by atoms with van der Waals surface area (Å²) in [4.78, 5) is 11.5. The van der Waals surface area contributed by atoms with Gasteiger partial charge in [-0.05, 0) is 25.2 Å². The molecule has 0 atom stereocenters.